The van der Waals surface area contributed by atoms with E-state index in [1.165, 1.54) is 11.1 Å². The summed E-state index contributed by atoms with van der Waals surface area (Å²) < 4.78 is 7.15. The van der Waals surface area contributed by atoms with E-state index in [1.807, 2.05) is 36.4 Å². The maximum absolute atomic E-state index is 13.6. The number of fused-ring (bicyclic) bond motifs is 1. The predicted octanol–water partition coefficient (Wildman–Crippen LogP) is 3.62. The summed E-state index contributed by atoms with van der Waals surface area (Å²) in [5, 5.41) is 0.687. The van der Waals surface area contributed by atoms with E-state index in [-0.39, 0.29) is 18.5 Å². The lowest BCUT2D eigenvalue weighted by atomic mass is 9.96. The number of hydrogen-bond donors (Lipinski definition) is 0. The van der Waals surface area contributed by atoms with Gasteiger partial charge in [0.15, 0.2) is 0 Å². The Morgan fingerprint density at radius 3 is 1.90 bits per heavy atom. The first-order valence-electron chi connectivity index (χ1n) is 14.2. The van der Waals surface area contributed by atoms with Gasteiger partial charge in [0.2, 0.25) is 5.91 Å². The van der Waals surface area contributed by atoms with Gasteiger partial charge >= 0.3 is 0 Å². The second-order valence-electron chi connectivity index (χ2n) is 10.6. The summed E-state index contributed by atoms with van der Waals surface area (Å²) in [6.07, 6.45) is 1.67. The molecule has 0 N–H and O–H groups in total. The van der Waals surface area contributed by atoms with Gasteiger partial charge in [0.25, 0.3) is 11.7 Å². The minimum absolute atomic E-state index is 0.0260. The monoisotopic (exact) mass is 550 g/mol. The average Bonchev–Trinajstić information content (AvgIpc) is 3.40. The number of nitrogens with zero attached hydrogens (tertiary/aromatic N) is 4. The van der Waals surface area contributed by atoms with E-state index in [9.17, 15) is 14.4 Å². The lowest BCUT2D eigenvalue weighted by Gasteiger charge is -2.39. The topological polar surface area (TPSA) is 75.1 Å². The molecule has 3 heterocycles. The molecule has 2 amide bonds. The smallest absolute Gasteiger partial charge is 0.295 e. The van der Waals surface area contributed by atoms with Crippen LogP contribution in [0.15, 0.2) is 91.1 Å². The number of carbonyl (C=O) groups is 3. The van der Waals surface area contributed by atoms with Crippen LogP contribution in [0.25, 0.3) is 10.9 Å². The van der Waals surface area contributed by atoms with Crippen LogP contribution in [-0.2, 0) is 20.9 Å². The zero-order valence-electron chi connectivity index (χ0n) is 23.0. The first-order chi connectivity index (χ1) is 20.1. The molecule has 0 spiro atoms. The molecule has 0 saturated carbocycles. The third-order valence-corrected chi connectivity index (χ3v) is 8.09. The Morgan fingerprint density at radius 1 is 0.683 bits per heavy atom. The number of ketones is 1. The van der Waals surface area contributed by atoms with Crippen LogP contribution >= 0.6 is 0 Å². The van der Waals surface area contributed by atoms with E-state index in [0.29, 0.717) is 63.4 Å². The summed E-state index contributed by atoms with van der Waals surface area (Å²) in [5.74, 6) is -1.06. The van der Waals surface area contributed by atoms with Crippen molar-refractivity contribution >= 4 is 28.5 Å². The SMILES string of the molecule is O=C(C(=O)N1CCN(C(c2ccccc2)c2ccccc2)CC1)c1cn(CC(=O)N2CCOCC2)c2ccccc12. The highest BCUT2D eigenvalue weighted by Gasteiger charge is 2.32. The minimum Gasteiger partial charge on any atom is -0.378 e. The van der Waals surface area contributed by atoms with Crippen LogP contribution in [0, 0.1) is 0 Å². The number of para-hydroxylation sites is 1. The van der Waals surface area contributed by atoms with Crippen molar-refractivity contribution in [3.63, 3.8) is 0 Å². The first kappa shape index (κ1) is 26.9. The Morgan fingerprint density at radius 2 is 1.27 bits per heavy atom. The van der Waals surface area contributed by atoms with Crippen molar-refractivity contribution in [2.75, 3.05) is 52.5 Å². The van der Waals surface area contributed by atoms with Crippen molar-refractivity contribution in [3.8, 4) is 0 Å². The van der Waals surface area contributed by atoms with E-state index >= 15 is 0 Å². The van der Waals surface area contributed by atoms with Gasteiger partial charge in [-0.2, -0.15) is 0 Å². The molecule has 0 radical (unpaired) electrons. The summed E-state index contributed by atoms with van der Waals surface area (Å²) in [6.45, 7) is 4.53. The van der Waals surface area contributed by atoms with Crippen molar-refractivity contribution in [3.05, 3.63) is 108 Å². The number of morpholine rings is 1. The quantitative estimate of drug-likeness (QED) is 0.260. The van der Waals surface area contributed by atoms with Gasteiger partial charge < -0.3 is 19.1 Å². The molecule has 2 aliphatic rings. The number of ether oxygens (including phenoxy) is 1. The molecule has 2 fully saturated rings. The summed E-state index contributed by atoms with van der Waals surface area (Å²) in [6, 6.07) is 28.3. The summed E-state index contributed by atoms with van der Waals surface area (Å²) in [5.41, 5.74) is 3.51. The fourth-order valence-electron chi connectivity index (χ4n) is 5.94. The predicted molar refractivity (Wildman–Crippen MR) is 157 cm³/mol. The Kier molecular flexibility index (Phi) is 7.93. The van der Waals surface area contributed by atoms with Crippen molar-refractivity contribution in [1.82, 2.24) is 19.3 Å². The summed E-state index contributed by atoms with van der Waals surface area (Å²) in [4.78, 5) is 45.9. The second kappa shape index (κ2) is 12.1. The molecule has 8 heteroatoms. The standard InChI is InChI=1S/C33H34N4O4/c38-30(34-19-21-41-22-20-34)24-37-23-28(27-13-7-8-14-29(27)37)32(39)33(40)36-17-15-35(16-18-36)31(25-9-3-1-4-10-25)26-11-5-2-6-12-26/h1-14,23,31H,15-22,24H2. The van der Waals surface area contributed by atoms with Crippen LogP contribution in [0.3, 0.4) is 0 Å². The number of hydrogen-bond acceptors (Lipinski definition) is 5. The number of amides is 2. The Balaban J connectivity index is 1.17. The van der Waals surface area contributed by atoms with Crippen LogP contribution in [0.4, 0.5) is 0 Å². The molecule has 0 aliphatic carbocycles. The van der Waals surface area contributed by atoms with E-state index < -0.39 is 11.7 Å². The van der Waals surface area contributed by atoms with Gasteiger partial charge in [0.1, 0.15) is 6.54 Å². The fourth-order valence-corrected chi connectivity index (χ4v) is 5.94. The Bertz CT molecular complexity index is 1480. The lowest BCUT2D eigenvalue weighted by Crippen LogP contribution is -2.51. The van der Waals surface area contributed by atoms with Gasteiger partial charge in [-0.1, -0.05) is 78.9 Å². The van der Waals surface area contributed by atoms with E-state index in [0.717, 1.165) is 5.52 Å². The van der Waals surface area contributed by atoms with Crippen molar-refractivity contribution in [1.29, 1.82) is 0 Å². The van der Waals surface area contributed by atoms with Gasteiger partial charge in [-0.05, 0) is 17.2 Å². The van der Waals surface area contributed by atoms with Gasteiger partial charge in [0, 0.05) is 56.4 Å². The molecule has 4 aromatic rings. The average molecular weight is 551 g/mol. The Labute approximate surface area is 239 Å². The fraction of sp³-hybridized carbons (Fsp3) is 0.303. The van der Waals surface area contributed by atoms with Crippen molar-refractivity contribution < 1.29 is 19.1 Å². The summed E-state index contributed by atoms with van der Waals surface area (Å²) in [7, 11) is 0. The molecule has 1 aromatic heterocycles. The highest BCUT2D eigenvalue weighted by Crippen LogP contribution is 2.30. The molecule has 2 saturated heterocycles. The lowest BCUT2D eigenvalue weighted by molar-refractivity contribution is -0.135. The van der Waals surface area contributed by atoms with Crippen molar-refractivity contribution in [2.24, 2.45) is 0 Å². The maximum Gasteiger partial charge on any atom is 0.295 e. The van der Waals surface area contributed by atoms with Crippen LogP contribution in [0.5, 0.6) is 0 Å². The third-order valence-electron chi connectivity index (χ3n) is 8.09. The normalized spacial score (nSPS) is 16.3. The molecule has 3 aromatic carbocycles. The molecule has 2 aliphatic heterocycles. The molecule has 8 nitrogen and oxygen atoms in total. The maximum atomic E-state index is 13.6. The van der Waals surface area contributed by atoms with E-state index in [4.69, 9.17) is 4.74 Å². The number of Topliss-reactive ketones (excluding diaryl/α,β-unsaturated/α-hetero) is 1. The zero-order chi connectivity index (χ0) is 28.2. The molecule has 0 bridgehead atoms. The van der Waals surface area contributed by atoms with Crippen LogP contribution in [0.1, 0.15) is 27.5 Å². The number of aromatic nitrogens is 1. The molecule has 210 valence electrons. The Hall–Kier alpha value is -4.27. The molecular formula is C33H34N4O4. The highest BCUT2D eigenvalue weighted by atomic mass is 16.5. The molecular weight excluding hydrogens is 516 g/mol. The van der Waals surface area contributed by atoms with Gasteiger partial charge in [-0.3, -0.25) is 19.3 Å². The summed E-state index contributed by atoms with van der Waals surface area (Å²) >= 11 is 0. The number of benzene rings is 3. The molecule has 41 heavy (non-hydrogen) atoms. The molecule has 0 atom stereocenters. The largest absolute Gasteiger partial charge is 0.378 e. The third kappa shape index (κ3) is 5.66. The number of rotatable bonds is 7. The van der Waals surface area contributed by atoms with E-state index in [1.54, 1.807) is 20.6 Å². The molecule has 0 unspecified atom stereocenters. The van der Waals surface area contributed by atoms with Crippen LogP contribution in [0.2, 0.25) is 0 Å². The number of piperazine rings is 1. The highest BCUT2D eigenvalue weighted by molar-refractivity contribution is 6.44. The first-order valence-corrected chi connectivity index (χ1v) is 14.2. The van der Waals surface area contributed by atoms with Crippen LogP contribution < -0.4 is 0 Å². The van der Waals surface area contributed by atoms with Crippen molar-refractivity contribution in [2.45, 2.75) is 12.6 Å². The molecule has 6 rings (SSSR count). The second-order valence-corrected chi connectivity index (χ2v) is 10.6. The number of carbonyl (C=O) groups excluding carboxylic acids is 3. The van der Waals surface area contributed by atoms with Gasteiger partial charge in [-0.15, -0.1) is 0 Å². The van der Waals surface area contributed by atoms with Gasteiger partial charge in [0.05, 0.1) is 24.8 Å². The van der Waals surface area contributed by atoms with E-state index in [2.05, 4.69) is 53.4 Å². The van der Waals surface area contributed by atoms with Gasteiger partial charge in [-0.25, -0.2) is 0 Å². The van der Waals surface area contributed by atoms with Crippen LogP contribution in [-0.4, -0.2) is 89.3 Å². The minimum atomic E-state index is -0.533. The zero-order valence-corrected chi connectivity index (χ0v) is 23.0.